The van der Waals surface area contributed by atoms with Gasteiger partial charge in [-0.25, -0.2) is 18.7 Å². The fourth-order valence-electron chi connectivity index (χ4n) is 7.08. The molecule has 3 aromatic rings. The van der Waals surface area contributed by atoms with E-state index >= 15 is 0 Å². The Hall–Kier alpha value is -5.29. The molecule has 0 saturated carbocycles. The normalized spacial score (nSPS) is 19.5. The van der Waals surface area contributed by atoms with Gasteiger partial charge in [0.15, 0.2) is 5.78 Å². The van der Waals surface area contributed by atoms with E-state index in [9.17, 15) is 19.2 Å². The van der Waals surface area contributed by atoms with Gasteiger partial charge in [-0.05, 0) is 36.1 Å². The lowest BCUT2D eigenvalue weighted by Crippen LogP contribution is -2.63. The van der Waals surface area contributed by atoms with E-state index in [0.29, 0.717) is 28.0 Å². The zero-order chi connectivity index (χ0) is 34.8. The van der Waals surface area contributed by atoms with Crippen LogP contribution in [-0.2, 0) is 48.9 Å². The largest absolute Gasteiger partial charge is 0.488 e. The minimum absolute atomic E-state index is 0.0137. The van der Waals surface area contributed by atoms with Crippen LogP contribution in [0.2, 0.25) is 0 Å². The zero-order valence-corrected chi connectivity index (χ0v) is 27.9. The van der Waals surface area contributed by atoms with E-state index in [1.54, 1.807) is 25.1 Å². The van der Waals surface area contributed by atoms with Crippen LogP contribution in [0.3, 0.4) is 0 Å². The van der Waals surface area contributed by atoms with Gasteiger partial charge in [-0.2, -0.15) is 4.89 Å². The number of carbonyl (C=O) groups is 4. The summed E-state index contributed by atoms with van der Waals surface area (Å²) in [5, 5.41) is 0. The van der Waals surface area contributed by atoms with Crippen LogP contribution in [0, 0.1) is 17.8 Å². The second-order valence-corrected chi connectivity index (χ2v) is 12.6. The molecule has 1 aliphatic carbocycles. The minimum atomic E-state index is -0.825. The predicted octanol–water partition coefficient (Wildman–Crippen LogP) is 4.29. The number of ether oxygens (including phenoxy) is 2. The lowest BCUT2D eigenvalue weighted by atomic mass is 9.74. The molecule has 11 nitrogen and oxygen atoms in total. The molecule has 254 valence electrons. The topological polar surface area (TPSA) is 117 Å². The van der Waals surface area contributed by atoms with Crippen molar-refractivity contribution in [2.75, 3.05) is 19.8 Å². The highest BCUT2D eigenvalue weighted by atomic mass is 17.2. The van der Waals surface area contributed by atoms with Crippen LogP contribution in [0.15, 0.2) is 91.7 Å². The van der Waals surface area contributed by atoms with Gasteiger partial charge >= 0.3 is 11.9 Å². The quantitative estimate of drug-likeness (QED) is 0.0351. The molecule has 3 heterocycles. The molecular formula is C38H40N3O8+. The highest BCUT2D eigenvalue weighted by Crippen LogP contribution is 2.50. The Balaban J connectivity index is 1.22. The number of nitrogens with zero attached hydrogens (tertiary/aromatic N) is 3. The van der Waals surface area contributed by atoms with E-state index in [1.807, 2.05) is 55.5 Å². The van der Waals surface area contributed by atoms with Crippen LogP contribution in [0.4, 0.5) is 0 Å². The standard InChI is InChI=1S/C38H40N3O8/c1-6-18-46-38(45)34-29(23(3)33-31(36(43)41(33)34)24(4)37(44)49-48-19-7-2)21-47-30-12-8-11-27-32(30)26-14-13-25(20-28(26)35(27)42)10-9-15-40-17-16-39(5)22-40/h6-8,11-14,16-17,20,22-24,31,33H,1-2,9-10,15,18-19,21H2,3-5H3/q+1/t23-,24?,31?,33?/m0/s1. The van der Waals surface area contributed by atoms with Crippen LogP contribution < -0.4 is 9.30 Å². The maximum absolute atomic E-state index is 13.6. The summed E-state index contributed by atoms with van der Waals surface area (Å²) in [7, 11) is 1.99. The maximum Gasteiger partial charge on any atom is 0.355 e. The Morgan fingerprint density at radius 2 is 1.86 bits per heavy atom. The van der Waals surface area contributed by atoms with E-state index in [4.69, 9.17) is 19.2 Å². The first-order chi connectivity index (χ1) is 23.7. The molecule has 1 aromatic heterocycles. The summed E-state index contributed by atoms with van der Waals surface area (Å²) >= 11 is 0. The second kappa shape index (κ2) is 14.1. The van der Waals surface area contributed by atoms with Gasteiger partial charge in [0, 0.05) is 28.2 Å². The minimum Gasteiger partial charge on any atom is -0.488 e. The van der Waals surface area contributed by atoms with Gasteiger partial charge < -0.3 is 14.4 Å². The molecular weight excluding hydrogens is 626 g/mol. The number of rotatable bonds is 15. The summed E-state index contributed by atoms with van der Waals surface area (Å²) < 4.78 is 15.9. The summed E-state index contributed by atoms with van der Waals surface area (Å²) in [6.45, 7) is 11.4. The number of ketones is 1. The molecule has 3 unspecified atom stereocenters. The van der Waals surface area contributed by atoms with Gasteiger partial charge in [-0.1, -0.05) is 56.8 Å². The van der Waals surface area contributed by atoms with Crippen molar-refractivity contribution < 1.29 is 43.0 Å². The van der Waals surface area contributed by atoms with Gasteiger partial charge in [-0.3, -0.25) is 14.5 Å². The van der Waals surface area contributed by atoms with Gasteiger partial charge in [-0.15, -0.1) is 6.58 Å². The summed E-state index contributed by atoms with van der Waals surface area (Å²) in [5.74, 6) is -3.23. The molecule has 1 saturated heterocycles. The first-order valence-electron chi connectivity index (χ1n) is 16.4. The molecule has 1 amide bonds. The van der Waals surface area contributed by atoms with Crippen molar-refractivity contribution in [3.8, 4) is 16.9 Å². The molecule has 3 aliphatic rings. The first kappa shape index (κ1) is 33.6. The molecule has 4 atom stereocenters. The molecule has 0 bridgehead atoms. The Bertz CT molecular complexity index is 1870. The van der Waals surface area contributed by atoms with Crippen molar-refractivity contribution in [3.05, 3.63) is 108 Å². The van der Waals surface area contributed by atoms with Crippen molar-refractivity contribution in [1.82, 2.24) is 9.47 Å². The van der Waals surface area contributed by atoms with Crippen LogP contribution in [0.1, 0.15) is 41.8 Å². The lowest BCUT2D eigenvalue weighted by molar-refractivity contribution is -0.671. The summed E-state index contributed by atoms with van der Waals surface area (Å²) in [4.78, 5) is 64.2. The predicted molar refractivity (Wildman–Crippen MR) is 178 cm³/mol. The van der Waals surface area contributed by atoms with Crippen LogP contribution in [0.5, 0.6) is 5.75 Å². The Labute approximate surface area is 284 Å². The molecule has 2 aliphatic heterocycles. The van der Waals surface area contributed by atoms with Crippen molar-refractivity contribution >= 4 is 23.6 Å². The number of fused-ring (bicyclic) bond motifs is 4. The van der Waals surface area contributed by atoms with E-state index in [2.05, 4.69) is 17.7 Å². The number of benzene rings is 2. The van der Waals surface area contributed by atoms with Crippen LogP contribution in [0.25, 0.3) is 11.1 Å². The lowest BCUT2D eigenvalue weighted by Gasteiger charge is -2.47. The smallest absolute Gasteiger partial charge is 0.355 e. The number of aromatic nitrogens is 2. The van der Waals surface area contributed by atoms with E-state index in [0.717, 1.165) is 30.5 Å². The molecule has 6 rings (SSSR count). The fraction of sp³-hybridized carbons (Fsp3) is 0.342. The first-order valence-corrected chi connectivity index (χ1v) is 16.4. The molecule has 0 spiro atoms. The number of esters is 1. The van der Waals surface area contributed by atoms with Gasteiger partial charge in [0.2, 0.25) is 12.2 Å². The molecule has 0 N–H and O–H groups in total. The zero-order valence-electron chi connectivity index (χ0n) is 27.9. The number of imidazole rings is 1. The highest BCUT2D eigenvalue weighted by molar-refractivity contribution is 6.22. The number of aryl methyl sites for hydroxylation is 3. The number of hydrogen-bond donors (Lipinski definition) is 0. The average Bonchev–Trinajstić information content (AvgIpc) is 3.72. The van der Waals surface area contributed by atoms with E-state index in [1.165, 1.54) is 17.1 Å². The summed E-state index contributed by atoms with van der Waals surface area (Å²) in [6.07, 6.45) is 10.7. The Morgan fingerprint density at radius 3 is 2.59 bits per heavy atom. The molecule has 1 fully saturated rings. The number of amides is 1. The SMILES string of the molecule is C=CCOOC(=O)C(C)C1C(=O)N2C(C(=O)OCC=C)=C(COc3cccc4c3-c3ccc(CCCn5cc[n+](C)c5)cc3C4=O)[C@H](C)C12. The van der Waals surface area contributed by atoms with Crippen molar-refractivity contribution in [2.45, 2.75) is 39.3 Å². The molecule has 49 heavy (non-hydrogen) atoms. The molecule has 11 heteroatoms. The van der Waals surface area contributed by atoms with Gasteiger partial charge in [0.25, 0.3) is 0 Å². The Kier molecular flexibility index (Phi) is 9.64. The average molecular weight is 667 g/mol. The van der Waals surface area contributed by atoms with Crippen LogP contribution >= 0.6 is 0 Å². The van der Waals surface area contributed by atoms with Crippen molar-refractivity contribution in [1.29, 1.82) is 0 Å². The maximum atomic E-state index is 13.6. The monoisotopic (exact) mass is 666 g/mol. The van der Waals surface area contributed by atoms with E-state index in [-0.39, 0.29) is 43.1 Å². The second-order valence-electron chi connectivity index (χ2n) is 12.6. The van der Waals surface area contributed by atoms with E-state index < -0.39 is 29.8 Å². The van der Waals surface area contributed by atoms with Gasteiger partial charge in [0.1, 0.15) is 43.7 Å². The third-order valence-electron chi connectivity index (χ3n) is 9.52. The fourth-order valence-corrected chi connectivity index (χ4v) is 7.08. The summed E-state index contributed by atoms with van der Waals surface area (Å²) in [6, 6.07) is 10.9. The van der Waals surface area contributed by atoms with Gasteiger partial charge in [0.05, 0.1) is 31.5 Å². The van der Waals surface area contributed by atoms with Crippen molar-refractivity contribution in [2.24, 2.45) is 24.8 Å². The Morgan fingerprint density at radius 1 is 1.06 bits per heavy atom. The number of hydrogen-bond acceptors (Lipinski definition) is 8. The molecule has 0 radical (unpaired) electrons. The van der Waals surface area contributed by atoms with Crippen molar-refractivity contribution in [3.63, 3.8) is 0 Å². The van der Waals surface area contributed by atoms with Crippen LogP contribution in [-0.4, -0.2) is 59.0 Å². The number of β-lactam (4-membered cyclic amide) rings is 1. The number of carbonyl (C=O) groups excluding carboxylic acids is 4. The third-order valence-corrected chi connectivity index (χ3v) is 9.52. The highest BCUT2D eigenvalue weighted by Gasteiger charge is 2.61. The third kappa shape index (κ3) is 6.22. The molecule has 2 aromatic carbocycles. The summed E-state index contributed by atoms with van der Waals surface area (Å²) in [5.41, 5.74) is 4.42.